The topological polar surface area (TPSA) is 59.8 Å². The van der Waals surface area contributed by atoms with Crippen LogP contribution in [0.3, 0.4) is 0 Å². The van der Waals surface area contributed by atoms with Gasteiger partial charge >= 0.3 is 0 Å². The monoisotopic (exact) mass is 418 g/mol. The van der Waals surface area contributed by atoms with Crippen molar-refractivity contribution < 1.29 is 4.79 Å². The number of amides is 1. The summed E-state index contributed by atoms with van der Waals surface area (Å²) in [6, 6.07) is 15.3. The molecule has 0 unspecified atom stereocenters. The van der Waals surface area contributed by atoms with Crippen molar-refractivity contribution in [2.45, 2.75) is 13.0 Å². The summed E-state index contributed by atoms with van der Waals surface area (Å²) in [5, 5.41) is 7.11. The number of carbonyl (C=O) groups excluding carboxylic acids is 1. The lowest BCUT2D eigenvalue weighted by Gasteiger charge is -2.15. The van der Waals surface area contributed by atoms with Crippen LogP contribution in [-0.4, -0.2) is 20.7 Å². The second-order valence-electron chi connectivity index (χ2n) is 5.14. The summed E-state index contributed by atoms with van der Waals surface area (Å²) in [5.74, 6) is -0.0728. The summed E-state index contributed by atoms with van der Waals surface area (Å²) in [5.41, 5.74) is 2.64. The number of aromatic nitrogens is 3. The van der Waals surface area contributed by atoms with Gasteiger partial charge in [0.05, 0.1) is 11.7 Å². The predicted octanol–water partition coefficient (Wildman–Crippen LogP) is 3.36. The van der Waals surface area contributed by atoms with E-state index < -0.39 is 0 Å². The molecule has 1 heterocycles. The molecule has 0 spiro atoms. The van der Waals surface area contributed by atoms with E-state index in [0.29, 0.717) is 5.56 Å². The number of benzene rings is 2. The molecule has 0 fully saturated rings. The van der Waals surface area contributed by atoms with Gasteiger partial charge in [0, 0.05) is 9.13 Å². The van der Waals surface area contributed by atoms with Gasteiger partial charge in [0.1, 0.15) is 12.7 Å². The average molecular weight is 418 g/mol. The quantitative estimate of drug-likeness (QED) is 0.662. The highest BCUT2D eigenvalue weighted by atomic mass is 127. The predicted molar refractivity (Wildman–Crippen MR) is 96.4 cm³/mol. The molecule has 0 aliphatic carbocycles. The second kappa shape index (κ2) is 6.91. The third-order valence-electron chi connectivity index (χ3n) is 3.51. The zero-order chi connectivity index (χ0) is 16.2. The molecule has 6 heteroatoms. The van der Waals surface area contributed by atoms with E-state index in [2.05, 4.69) is 38.0 Å². The molecule has 1 N–H and O–H groups in total. The number of hydrogen-bond acceptors (Lipinski definition) is 3. The van der Waals surface area contributed by atoms with Crippen LogP contribution in [0.15, 0.2) is 61.2 Å². The molecule has 1 amide bonds. The molecule has 2 aromatic carbocycles. The Bertz CT molecular complexity index is 800. The van der Waals surface area contributed by atoms with Crippen LogP contribution in [0.2, 0.25) is 0 Å². The fraction of sp³-hybridized carbons (Fsp3) is 0.118. The zero-order valence-electron chi connectivity index (χ0n) is 12.5. The van der Waals surface area contributed by atoms with Crippen molar-refractivity contribution in [3.63, 3.8) is 0 Å². The standard InChI is InChI=1S/C17H15IN4O/c1-12(21-17(23)14-3-2-4-15(18)9-14)13-5-7-16(8-6-13)22-11-19-10-20-22/h2-12H,1H3,(H,21,23)/t12-/m0/s1. The molecule has 0 radical (unpaired) electrons. The number of rotatable bonds is 4. The summed E-state index contributed by atoms with van der Waals surface area (Å²) in [7, 11) is 0. The maximum Gasteiger partial charge on any atom is 0.251 e. The van der Waals surface area contributed by atoms with Gasteiger partial charge in [-0.1, -0.05) is 18.2 Å². The molecule has 0 saturated heterocycles. The van der Waals surface area contributed by atoms with E-state index in [4.69, 9.17) is 0 Å². The first kappa shape index (κ1) is 15.7. The highest BCUT2D eigenvalue weighted by molar-refractivity contribution is 14.1. The molecule has 0 saturated carbocycles. The van der Waals surface area contributed by atoms with Gasteiger partial charge in [0.15, 0.2) is 0 Å². The SMILES string of the molecule is C[C@H](NC(=O)c1cccc(I)c1)c1ccc(-n2cncn2)cc1. The fourth-order valence-electron chi connectivity index (χ4n) is 2.25. The molecular formula is C17H15IN4O. The van der Waals surface area contributed by atoms with E-state index in [1.807, 2.05) is 55.5 Å². The smallest absolute Gasteiger partial charge is 0.251 e. The first-order valence-electron chi connectivity index (χ1n) is 7.15. The van der Waals surface area contributed by atoms with Gasteiger partial charge in [0.2, 0.25) is 0 Å². The number of hydrogen-bond donors (Lipinski definition) is 1. The number of halogens is 1. The lowest BCUT2D eigenvalue weighted by Crippen LogP contribution is -2.26. The van der Waals surface area contributed by atoms with Crippen LogP contribution in [-0.2, 0) is 0 Å². The minimum Gasteiger partial charge on any atom is -0.346 e. The van der Waals surface area contributed by atoms with Crippen molar-refractivity contribution >= 4 is 28.5 Å². The van der Waals surface area contributed by atoms with Crippen LogP contribution in [0.25, 0.3) is 5.69 Å². The molecule has 0 aliphatic heterocycles. The summed E-state index contributed by atoms with van der Waals surface area (Å²) in [6.45, 7) is 1.97. The molecule has 3 aromatic rings. The van der Waals surface area contributed by atoms with Crippen molar-refractivity contribution in [3.05, 3.63) is 75.9 Å². The van der Waals surface area contributed by atoms with E-state index in [1.165, 1.54) is 6.33 Å². The Hall–Kier alpha value is -2.22. The Morgan fingerprint density at radius 2 is 2.00 bits per heavy atom. The minimum atomic E-state index is -0.0786. The van der Waals surface area contributed by atoms with Crippen molar-refractivity contribution in [2.24, 2.45) is 0 Å². The second-order valence-corrected chi connectivity index (χ2v) is 6.38. The van der Waals surface area contributed by atoms with Gasteiger partial charge in [-0.2, -0.15) is 5.10 Å². The average Bonchev–Trinajstić information content (AvgIpc) is 3.09. The van der Waals surface area contributed by atoms with Crippen molar-refractivity contribution in [2.75, 3.05) is 0 Å². The normalized spacial score (nSPS) is 11.9. The fourth-order valence-corrected chi connectivity index (χ4v) is 2.79. The highest BCUT2D eigenvalue weighted by Gasteiger charge is 2.11. The summed E-state index contributed by atoms with van der Waals surface area (Å²) in [6.07, 6.45) is 3.15. The maximum atomic E-state index is 12.3. The van der Waals surface area contributed by atoms with Crippen molar-refractivity contribution in [1.82, 2.24) is 20.1 Å². The van der Waals surface area contributed by atoms with Crippen molar-refractivity contribution in [1.29, 1.82) is 0 Å². The van der Waals surface area contributed by atoms with Gasteiger partial charge in [-0.25, -0.2) is 9.67 Å². The van der Waals surface area contributed by atoms with E-state index in [1.54, 1.807) is 11.0 Å². The van der Waals surface area contributed by atoms with Gasteiger partial charge in [-0.3, -0.25) is 4.79 Å². The Balaban J connectivity index is 1.70. The lowest BCUT2D eigenvalue weighted by atomic mass is 10.1. The molecule has 5 nitrogen and oxygen atoms in total. The third-order valence-corrected chi connectivity index (χ3v) is 4.18. The molecule has 1 atom stereocenters. The molecular weight excluding hydrogens is 403 g/mol. The van der Waals surface area contributed by atoms with E-state index in [0.717, 1.165) is 14.8 Å². The summed E-state index contributed by atoms with van der Waals surface area (Å²) in [4.78, 5) is 16.2. The van der Waals surface area contributed by atoms with Gasteiger partial charge in [-0.05, 0) is 65.4 Å². The maximum absolute atomic E-state index is 12.3. The molecule has 0 bridgehead atoms. The molecule has 1 aromatic heterocycles. The van der Waals surface area contributed by atoms with E-state index in [-0.39, 0.29) is 11.9 Å². The first-order chi connectivity index (χ1) is 11.1. The number of nitrogens with zero attached hydrogens (tertiary/aromatic N) is 3. The number of carbonyl (C=O) groups is 1. The Morgan fingerprint density at radius 1 is 1.22 bits per heavy atom. The summed E-state index contributed by atoms with van der Waals surface area (Å²) < 4.78 is 2.74. The highest BCUT2D eigenvalue weighted by Crippen LogP contribution is 2.16. The van der Waals surface area contributed by atoms with Crippen LogP contribution in [0.1, 0.15) is 28.9 Å². The minimum absolute atomic E-state index is 0.0728. The first-order valence-corrected chi connectivity index (χ1v) is 8.23. The van der Waals surface area contributed by atoms with E-state index in [9.17, 15) is 4.79 Å². The van der Waals surface area contributed by atoms with Crippen LogP contribution in [0.5, 0.6) is 0 Å². The van der Waals surface area contributed by atoms with Gasteiger partial charge in [0.25, 0.3) is 5.91 Å². The third kappa shape index (κ3) is 3.76. The van der Waals surface area contributed by atoms with E-state index >= 15 is 0 Å². The zero-order valence-corrected chi connectivity index (χ0v) is 14.6. The Kier molecular flexibility index (Phi) is 4.71. The Labute approximate surface area is 147 Å². The van der Waals surface area contributed by atoms with Crippen molar-refractivity contribution in [3.8, 4) is 5.69 Å². The molecule has 23 heavy (non-hydrogen) atoms. The number of nitrogens with one attached hydrogen (secondary N) is 1. The van der Waals surface area contributed by atoms with Gasteiger partial charge < -0.3 is 5.32 Å². The molecule has 116 valence electrons. The molecule has 3 rings (SSSR count). The Morgan fingerprint density at radius 3 is 2.65 bits per heavy atom. The molecule has 0 aliphatic rings. The van der Waals surface area contributed by atoms with Gasteiger partial charge in [-0.15, -0.1) is 0 Å². The largest absolute Gasteiger partial charge is 0.346 e. The lowest BCUT2D eigenvalue weighted by molar-refractivity contribution is 0.0940. The summed E-state index contributed by atoms with van der Waals surface area (Å²) >= 11 is 2.20. The van der Waals surface area contributed by atoms with Crippen LogP contribution in [0.4, 0.5) is 0 Å². The van der Waals surface area contributed by atoms with Crippen LogP contribution < -0.4 is 5.32 Å². The van der Waals surface area contributed by atoms with Crippen LogP contribution >= 0.6 is 22.6 Å². The van der Waals surface area contributed by atoms with Crippen LogP contribution in [0, 0.1) is 3.57 Å².